The maximum atomic E-state index is 11.5. The molecule has 0 aliphatic carbocycles. The minimum Gasteiger partial charge on any atom is -0.366 e. The van der Waals surface area contributed by atoms with Crippen molar-refractivity contribution in [2.75, 3.05) is 31.1 Å². The number of H-pyrrole nitrogens is 1. The molecule has 1 unspecified atom stereocenters. The first-order chi connectivity index (χ1) is 10.7. The van der Waals surface area contributed by atoms with E-state index in [1.165, 1.54) is 0 Å². The lowest BCUT2D eigenvalue weighted by Gasteiger charge is -2.38. The normalized spacial score (nSPS) is 17.5. The summed E-state index contributed by atoms with van der Waals surface area (Å²) in [5, 5.41) is 6.39. The highest BCUT2D eigenvalue weighted by molar-refractivity contribution is 6.32. The van der Waals surface area contributed by atoms with E-state index in [4.69, 9.17) is 11.6 Å². The molecule has 22 heavy (non-hydrogen) atoms. The van der Waals surface area contributed by atoms with E-state index in [0.29, 0.717) is 5.69 Å². The molecule has 1 saturated heterocycles. The minimum absolute atomic E-state index is 0.209. The maximum Gasteiger partial charge on any atom is 0.285 e. The second-order valence-electron chi connectivity index (χ2n) is 5.35. The number of aromatic amines is 1. The Labute approximate surface area is 133 Å². The number of rotatable bonds is 3. The van der Waals surface area contributed by atoms with Gasteiger partial charge < -0.3 is 4.90 Å². The Morgan fingerprint density at radius 1 is 1.27 bits per heavy atom. The average molecular weight is 320 g/mol. The highest BCUT2D eigenvalue weighted by atomic mass is 35.5. The monoisotopic (exact) mass is 319 g/mol. The van der Waals surface area contributed by atoms with Gasteiger partial charge >= 0.3 is 0 Å². The Morgan fingerprint density at radius 2 is 2.05 bits per heavy atom. The molecule has 3 rings (SSSR count). The van der Waals surface area contributed by atoms with Gasteiger partial charge in [0, 0.05) is 38.4 Å². The Hall–Kier alpha value is -1.92. The second-order valence-corrected chi connectivity index (χ2v) is 5.73. The number of nitrogens with one attached hydrogen (secondary N) is 1. The molecule has 7 heteroatoms. The Kier molecular flexibility index (Phi) is 4.40. The van der Waals surface area contributed by atoms with E-state index in [2.05, 4.69) is 38.0 Å². The van der Waals surface area contributed by atoms with Gasteiger partial charge in [-0.25, -0.2) is 5.10 Å². The van der Waals surface area contributed by atoms with Crippen LogP contribution in [0.4, 0.5) is 5.69 Å². The van der Waals surface area contributed by atoms with Crippen molar-refractivity contribution in [2.24, 2.45) is 0 Å². The van der Waals surface area contributed by atoms with Gasteiger partial charge in [0.05, 0.1) is 17.6 Å². The summed E-state index contributed by atoms with van der Waals surface area (Å²) in [6.45, 7) is 5.56. The van der Waals surface area contributed by atoms with Crippen LogP contribution in [0.5, 0.6) is 0 Å². The lowest BCUT2D eigenvalue weighted by molar-refractivity contribution is 0.195. The van der Waals surface area contributed by atoms with Crippen LogP contribution in [0.2, 0.25) is 5.02 Å². The number of halogens is 1. The van der Waals surface area contributed by atoms with Gasteiger partial charge in [0.25, 0.3) is 5.56 Å². The van der Waals surface area contributed by atoms with Crippen molar-refractivity contribution in [3.05, 3.63) is 51.7 Å². The predicted molar refractivity (Wildman–Crippen MR) is 86.3 cm³/mol. The molecule has 1 N–H and O–H groups in total. The van der Waals surface area contributed by atoms with E-state index in [0.717, 1.165) is 31.9 Å². The first-order valence-corrected chi connectivity index (χ1v) is 7.67. The highest BCUT2D eigenvalue weighted by Gasteiger charge is 2.24. The Morgan fingerprint density at radius 3 is 2.73 bits per heavy atom. The maximum absolute atomic E-state index is 11.5. The van der Waals surface area contributed by atoms with Gasteiger partial charge in [0.2, 0.25) is 0 Å². The van der Waals surface area contributed by atoms with Crippen molar-refractivity contribution in [3.8, 4) is 0 Å². The van der Waals surface area contributed by atoms with Gasteiger partial charge in [-0.3, -0.25) is 14.7 Å². The smallest absolute Gasteiger partial charge is 0.285 e. The van der Waals surface area contributed by atoms with Gasteiger partial charge in [0.15, 0.2) is 0 Å². The van der Waals surface area contributed by atoms with E-state index >= 15 is 0 Å². The summed E-state index contributed by atoms with van der Waals surface area (Å²) in [5.41, 5.74) is 1.44. The van der Waals surface area contributed by atoms with Crippen LogP contribution < -0.4 is 10.5 Å². The summed E-state index contributed by atoms with van der Waals surface area (Å²) in [7, 11) is 0. The van der Waals surface area contributed by atoms with E-state index in [9.17, 15) is 4.79 Å². The first kappa shape index (κ1) is 15.0. The molecule has 1 fully saturated rings. The predicted octanol–water partition coefficient (Wildman–Crippen LogP) is 1.70. The zero-order chi connectivity index (χ0) is 15.5. The zero-order valence-electron chi connectivity index (χ0n) is 12.4. The molecule has 2 aromatic rings. The summed E-state index contributed by atoms with van der Waals surface area (Å²) in [4.78, 5) is 20.5. The number of hydrogen-bond donors (Lipinski definition) is 1. The lowest BCUT2D eigenvalue weighted by atomic mass is 10.1. The van der Waals surface area contributed by atoms with Gasteiger partial charge in [-0.2, -0.15) is 5.10 Å². The number of nitrogens with zero attached hydrogens (tertiary/aromatic N) is 4. The van der Waals surface area contributed by atoms with Crippen molar-refractivity contribution in [3.63, 3.8) is 0 Å². The topological polar surface area (TPSA) is 65.1 Å². The molecule has 1 atom stereocenters. The van der Waals surface area contributed by atoms with Crippen LogP contribution >= 0.6 is 11.6 Å². The third-order valence-electron chi connectivity index (χ3n) is 4.10. The molecular weight excluding hydrogens is 302 g/mol. The van der Waals surface area contributed by atoms with Crippen molar-refractivity contribution >= 4 is 17.3 Å². The van der Waals surface area contributed by atoms with Crippen LogP contribution in [-0.2, 0) is 0 Å². The standard InChI is InChI=1S/C15H18ClN5O/c1-11(12-4-2-3-5-17-12)20-6-8-21(9-7-20)13-10-18-19-15(22)14(13)16/h2-5,10-11H,6-9H2,1H3,(H,19,22). The molecule has 1 aliphatic rings. The molecule has 2 aromatic heterocycles. The molecule has 0 spiro atoms. The third-order valence-corrected chi connectivity index (χ3v) is 4.46. The molecule has 0 amide bonds. The summed E-state index contributed by atoms with van der Waals surface area (Å²) >= 11 is 6.07. The van der Waals surface area contributed by atoms with Crippen molar-refractivity contribution in [1.82, 2.24) is 20.1 Å². The molecule has 0 saturated carbocycles. The van der Waals surface area contributed by atoms with Gasteiger partial charge in [-0.15, -0.1) is 0 Å². The molecular formula is C15H18ClN5O. The fourth-order valence-electron chi connectivity index (χ4n) is 2.75. The average Bonchev–Trinajstić information content (AvgIpc) is 2.58. The summed E-state index contributed by atoms with van der Waals surface area (Å²) in [6.07, 6.45) is 3.44. The second kappa shape index (κ2) is 6.46. The quantitative estimate of drug-likeness (QED) is 0.933. The molecule has 0 aromatic carbocycles. The van der Waals surface area contributed by atoms with Gasteiger partial charge in [0.1, 0.15) is 5.02 Å². The summed E-state index contributed by atoms with van der Waals surface area (Å²) < 4.78 is 0. The van der Waals surface area contributed by atoms with Crippen molar-refractivity contribution in [1.29, 1.82) is 0 Å². The number of anilines is 1. The van der Waals surface area contributed by atoms with Crippen LogP contribution in [0.3, 0.4) is 0 Å². The van der Waals surface area contributed by atoms with Gasteiger partial charge in [-0.05, 0) is 19.1 Å². The Bertz CT molecular complexity index is 682. The molecule has 1 aliphatic heterocycles. The first-order valence-electron chi connectivity index (χ1n) is 7.30. The third kappa shape index (κ3) is 2.98. The molecule has 0 radical (unpaired) electrons. The van der Waals surface area contributed by atoms with E-state index in [1.54, 1.807) is 6.20 Å². The van der Waals surface area contributed by atoms with Crippen LogP contribution in [0.15, 0.2) is 35.4 Å². The van der Waals surface area contributed by atoms with Crippen LogP contribution in [0.1, 0.15) is 18.7 Å². The highest BCUT2D eigenvalue weighted by Crippen LogP contribution is 2.25. The summed E-state index contributed by atoms with van der Waals surface area (Å²) in [6, 6.07) is 6.26. The fraction of sp³-hybridized carbons (Fsp3) is 0.400. The number of pyridine rings is 1. The molecule has 0 bridgehead atoms. The number of aromatic nitrogens is 3. The van der Waals surface area contributed by atoms with Crippen LogP contribution in [0.25, 0.3) is 0 Å². The van der Waals surface area contributed by atoms with Crippen LogP contribution in [0, 0.1) is 0 Å². The molecule has 3 heterocycles. The lowest BCUT2D eigenvalue weighted by Crippen LogP contribution is -2.47. The van der Waals surface area contributed by atoms with E-state index in [-0.39, 0.29) is 16.6 Å². The van der Waals surface area contributed by atoms with Gasteiger partial charge in [-0.1, -0.05) is 17.7 Å². The minimum atomic E-state index is -0.344. The zero-order valence-corrected chi connectivity index (χ0v) is 13.1. The molecule has 6 nitrogen and oxygen atoms in total. The van der Waals surface area contributed by atoms with E-state index in [1.807, 2.05) is 18.3 Å². The molecule has 116 valence electrons. The fourth-order valence-corrected chi connectivity index (χ4v) is 2.97. The number of piperazine rings is 1. The van der Waals surface area contributed by atoms with Crippen molar-refractivity contribution in [2.45, 2.75) is 13.0 Å². The van der Waals surface area contributed by atoms with Crippen LogP contribution in [-0.4, -0.2) is 46.3 Å². The summed E-state index contributed by atoms with van der Waals surface area (Å²) in [5.74, 6) is 0. The SMILES string of the molecule is CC(c1ccccn1)N1CCN(c2cn[nH]c(=O)c2Cl)CC1. The van der Waals surface area contributed by atoms with E-state index < -0.39 is 0 Å². The van der Waals surface area contributed by atoms with Crippen molar-refractivity contribution < 1.29 is 0 Å². The number of hydrogen-bond acceptors (Lipinski definition) is 5. The largest absolute Gasteiger partial charge is 0.366 e. The Balaban J connectivity index is 1.68.